The second-order valence-corrected chi connectivity index (χ2v) is 8.88. The third-order valence-electron chi connectivity index (χ3n) is 5.53. The third kappa shape index (κ3) is 4.99. The molecule has 2 amide bonds. The zero-order chi connectivity index (χ0) is 22.5. The van der Waals surface area contributed by atoms with Gasteiger partial charge in [-0.1, -0.05) is 36.4 Å². The Morgan fingerprint density at radius 3 is 2.59 bits per heavy atom. The molecule has 166 valence electrons. The Hall–Kier alpha value is -3.19. The van der Waals surface area contributed by atoms with Gasteiger partial charge in [-0.25, -0.2) is 4.39 Å². The second kappa shape index (κ2) is 9.96. The number of benzene rings is 2. The van der Waals surface area contributed by atoms with Crippen LogP contribution < -0.4 is 15.4 Å². The lowest BCUT2D eigenvalue weighted by Gasteiger charge is -2.13. The Kier molecular flexibility index (Phi) is 6.85. The van der Waals surface area contributed by atoms with E-state index in [0.717, 1.165) is 41.7 Å². The van der Waals surface area contributed by atoms with E-state index in [-0.39, 0.29) is 24.0 Å². The molecule has 1 heterocycles. The summed E-state index contributed by atoms with van der Waals surface area (Å²) in [6.45, 7) is 0.419. The first-order valence-corrected chi connectivity index (χ1v) is 11.5. The Labute approximate surface area is 190 Å². The molecule has 1 aliphatic rings. The van der Waals surface area contributed by atoms with E-state index < -0.39 is 5.82 Å². The van der Waals surface area contributed by atoms with E-state index in [1.54, 1.807) is 6.07 Å². The average molecular weight is 453 g/mol. The van der Waals surface area contributed by atoms with Gasteiger partial charge in [0.25, 0.3) is 5.91 Å². The minimum absolute atomic E-state index is 0.00849. The maximum atomic E-state index is 14.0. The van der Waals surface area contributed by atoms with Gasteiger partial charge in [0, 0.05) is 11.4 Å². The molecule has 1 aliphatic carbocycles. The number of hydrogen-bond donors (Lipinski definition) is 2. The number of carbonyl (C=O) groups excluding carboxylic acids is 2. The number of aryl methyl sites for hydroxylation is 1. The van der Waals surface area contributed by atoms with Crippen molar-refractivity contribution in [2.45, 2.75) is 38.6 Å². The number of fused-ring (bicyclic) bond motifs is 1. The summed E-state index contributed by atoms with van der Waals surface area (Å²) in [6.07, 6.45) is 3.87. The first kappa shape index (κ1) is 22.0. The zero-order valence-electron chi connectivity index (χ0n) is 17.9. The van der Waals surface area contributed by atoms with Gasteiger partial charge in [0.2, 0.25) is 5.91 Å². The van der Waals surface area contributed by atoms with Crippen LogP contribution >= 0.6 is 11.3 Å². The quantitative estimate of drug-likeness (QED) is 0.537. The monoisotopic (exact) mass is 452 g/mol. The summed E-state index contributed by atoms with van der Waals surface area (Å²) >= 11 is 1.47. The molecular weight excluding hydrogens is 427 g/mol. The van der Waals surface area contributed by atoms with Crippen molar-refractivity contribution in [1.82, 2.24) is 5.32 Å². The predicted octanol–water partition coefficient (Wildman–Crippen LogP) is 4.89. The third-order valence-corrected chi connectivity index (χ3v) is 6.74. The number of nitrogens with one attached hydrogen (secondary N) is 2. The van der Waals surface area contributed by atoms with Crippen LogP contribution in [0.4, 0.5) is 9.39 Å². The van der Waals surface area contributed by atoms with Crippen molar-refractivity contribution < 1.29 is 18.7 Å². The SMILES string of the molecule is COc1ccc(CC(=O)Nc2sc3c(c2C(=O)NCc2ccccc2)CCCC3)cc1F. The number of halogens is 1. The van der Waals surface area contributed by atoms with Gasteiger partial charge >= 0.3 is 0 Å². The van der Waals surface area contributed by atoms with Crippen molar-refractivity contribution in [2.75, 3.05) is 12.4 Å². The lowest BCUT2D eigenvalue weighted by Crippen LogP contribution is -2.25. The standard InChI is InChI=1S/C25H25FN2O3S/c1-31-20-12-11-17(13-19(20)26)14-22(29)28-25-23(18-9-5-6-10-21(18)32-25)24(30)27-15-16-7-3-2-4-8-16/h2-4,7-8,11-13H,5-6,9-10,14-15H2,1H3,(H,27,30)(H,28,29). The highest BCUT2D eigenvalue weighted by Crippen LogP contribution is 2.38. The highest BCUT2D eigenvalue weighted by molar-refractivity contribution is 7.17. The van der Waals surface area contributed by atoms with Crippen molar-refractivity contribution in [3.8, 4) is 5.75 Å². The molecule has 0 aliphatic heterocycles. The van der Waals surface area contributed by atoms with E-state index in [2.05, 4.69) is 10.6 Å². The molecule has 0 spiro atoms. The first-order chi connectivity index (χ1) is 15.5. The molecule has 0 bridgehead atoms. The molecule has 0 saturated carbocycles. The molecule has 3 aromatic rings. The van der Waals surface area contributed by atoms with Gasteiger partial charge < -0.3 is 15.4 Å². The van der Waals surface area contributed by atoms with Crippen LogP contribution in [-0.2, 0) is 30.6 Å². The number of ether oxygens (including phenoxy) is 1. The first-order valence-electron chi connectivity index (χ1n) is 10.6. The van der Waals surface area contributed by atoms with Gasteiger partial charge in [0.05, 0.1) is 19.1 Å². The molecule has 0 saturated heterocycles. The van der Waals surface area contributed by atoms with Gasteiger partial charge in [0.1, 0.15) is 5.00 Å². The molecule has 1 aromatic heterocycles. The normalized spacial score (nSPS) is 12.7. The van der Waals surface area contributed by atoms with Gasteiger partial charge in [0.15, 0.2) is 11.6 Å². The van der Waals surface area contributed by atoms with Crippen molar-refractivity contribution >= 4 is 28.2 Å². The fraction of sp³-hybridized carbons (Fsp3) is 0.280. The summed E-state index contributed by atoms with van der Waals surface area (Å²) in [5, 5.41) is 6.47. The van der Waals surface area contributed by atoms with Crippen LogP contribution in [0.1, 0.15) is 44.8 Å². The largest absolute Gasteiger partial charge is 0.494 e. The van der Waals surface area contributed by atoms with Crippen LogP contribution in [0.3, 0.4) is 0 Å². The van der Waals surface area contributed by atoms with Gasteiger partial charge in [-0.15, -0.1) is 11.3 Å². The molecule has 4 rings (SSSR count). The van der Waals surface area contributed by atoms with Crippen LogP contribution in [0.15, 0.2) is 48.5 Å². The summed E-state index contributed by atoms with van der Waals surface area (Å²) in [4.78, 5) is 27.0. The summed E-state index contributed by atoms with van der Waals surface area (Å²) < 4.78 is 18.9. The number of rotatable bonds is 7. The number of hydrogen-bond acceptors (Lipinski definition) is 4. The second-order valence-electron chi connectivity index (χ2n) is 7.78. The highest BCUT2D eigenvalue weighted by atomic mass is 32.1. The fourth-order valence-corrected chi connectivity index (χ4v) is 5.24. The van der Waals surface area contributed by atoms with Crippen LogP contribution in [0.25, 0.3) is 0 Å². The van der Waals surface area contributed by atoms with Crippen molar-refractivity contribution in [3.05, 3.63) is 81.5 Å². The van der Waals surface area contributed by atoms with Gasteiger partial charge in [-0.2, -0.15) is 0 Å². The summed E-state index contributed by atoms with van der Waals surface area (Å²) in [5.41, 5.74) is 3.15. The summed E-state index contributed by atoms with van der Waals surface area (Å²) in [6, 6.07) is 14.2. The number of methoxy groups -OCH3 is 1. The number of thiophene rings is 1. The molecule has 0 radical (unpaired) electrons. The Bertz CT molecular complexity index is 1130. The average Bonchev–Trinajstić information content (AvgIpc) is 3.16. The van der Waals surface area contributed by atoms with Crippen molar-refractivity contribution in [2.24, 2.45) is 0 Å². The zero-order valence-corrected chi connectivity index (χ0v) is 18.7. The summed E-state index contributed by atoms with van der Waals surface area (Å²) in [7, 11) is 1.40. The van der Waals surface area contributed by atoms with Gasteiger partial charge in [-0.05, 0) is 54.5 Å². The molecular formula is C25H25FN2O3S. The molecule has 5 nitrogen and oxygen atoms in total. The van der Waals surface area contributed by atoms with Crippen molar-refractivity contribution in [3.63, 3.8) is 0 Å². The maximum absolute atomic E-state index is 14.0. The lowest BCUT2D eigenvalue weighted by molar-refractivity contribution is -0.115. The van der Waals surface area contributed by atoms with Crippen molar-refractivity contribution in [1.29, 1.82) is 0 Å². The Morgan fingerprint density at radius 2 is 1.84 bits per heavy atom. The Balaban J connectivity index is 1.51. The van der Waals surface area contributed by atoms with E-state index >= 15 is 0 Å². The molecule has 2 aromatic carbocycles. The van der Waals surface area contributed by atoms with Crippen LogP contribution in [-0.4, -0.2) is 18.9 Å². The van der Waals surface area contributed by atoms with E-state index in [9.17, 15) is 14.0 Å². The molecule has 0 atom stereocenters. The highest BCUT2D eigenvalue weighted by Gasteiger charge is 2.26. The molecule has 0 unspecified atom stereocenters. The minimum atomic E-state index is -0.509. The molecule has 32 heavy (non-hydrogen) atoms. The summed E-state index contributed by atoms with van der Waals surface area (Å²) in [5.74, 6) is -0.841. The topological polar surface area (TPSA) is 67.4 Å². The molecule has 0 fully saturated rings. The number of amides is 2. The fourth-order valence-electron chi connectivity index (χ4n) is 3.94. The molecule has 7 heteroatoms. The maximum Gasteiger partial charge on any atom is 0.254 e. The van der Waals surface area contributed by atoms with Crippen LogP contribution in [0.5, 0.6) is 5.75 Å². The predicted molar refractivity (Wildman–Crippen MR) is 124 cm³/mol. The number of anilines is 1. The smallest absolute Gasteiger partial charge is 0.254 e. The van der Waals surface area contributed by atoms with Crippen LogP contribution in [0.2, 0.25) is 0 Å². The van der Waals surface area contributed by atoms with Crippen LogP contribution in [0, 0.1) is 5.82 Å². The van der Waals surface area contributed by atoms with E-state index in [4.69, 9.17) is 4.74 Å². The van der Waals surface area contributed by atoms with Gasteiger partial charge in [-0.3, -0.25) is 9.59 Å². The molecule has 2 N–H and O–H groups in total. The van der Waals surface area contributed by atoms with E-state index in [1.807, 2.05) is 30.3 Å². The number of carbonyl (C=O) groups is 2. The van der Waals surface area contributed by atoms with E-state index in [0.29, 0.717) is 22.7 Å². The minimum Gasteiger partial charge on any atom is -0.494 e. The lowest BCUT2D eigenvalue weighted by atomic mass is 9.95. The van der Waals surface area contributed by atoms with E-state index in [1.165, 1.54) is 30.6 Å². The Morgan fingerprint density at radius 1 is 1.06 bits per heavy atom.